The topological polar surface area (TPSA) is 26.3 Å². The van der Waals surface area contributed by atoms with Gasteiger partial charge < -0.3 is 4.74 Å². The molecule has 0 aromatic heterocycles. The van der Waals surface area contributed by atoms with Gasteiger partial charge in [-0.05, 0) is 0 Å². The maximum Gasteiger partial charge on any atom is 0.317 e. The summed E-state index contributed by atoms with van der Waals surface area (Å²) in [5, 5.41) is 0. The Kier molecular flexibility index (Phi) is 4.10. The van der Waals surface area contributed by atoms with E-state index < -0.39 is 41.2 Å². The third-order valence-electron chi connectivity index (χ3n) is 1.79. The summed E-state index contributed by atoms with van der Waals surface area (Å²) in [6.07, 6.45) is -0.437. The number of halogens is 4. The highest BCUT2D eigenvalue weighted by Crippen LogP contribution is 2.18. The molecule has 0 unspecified atom stereocenters. The zero-order chi connectivity index (χ0) is 13.0. The van der Waals surface area contributed by atoms with Crippen molar-refractivity contribution >= 4 is 5.97 Å². The molecule has 0 aliphatic heterocycles. The fourth-order valence-electron chi connectivity index (χ4n) is 0.960. The van der Waals surface area contributed by atoms with Crippen LogP contribution in [-0.2, 0) is 9.53 Å². The molecule has 6 heteroatoms. The molecule has 0 N–H and O–H groups in total. The van der Waals surface area contributed by atoms with E-state index in [-0.39, 0.29) is 6.07 Å². The molecule has 0 fully saturated rings. The summed E-state index contributed by atoms with van der Waals surface area (Å²) >= 11 is 0. The number of esters is 1. The van der Waals surface area contributed by atoms with Gasteiger partial charge in [0.15, 0.2) is 23.3 Å². The number of benzene rings is 1. The van der Waals surface area contributed by atoms with E-state index in [2.05, 4.69) is 10.7 Å². The molecule has 0 saturated heterocycles. The van der Waals surface area contributed by atoms with E-state index in [0.29, 0.717) is 0 Å². The number of carbonyl (C=O) groups is 1. The van der Waals surface area contributed by atoms with Gasteiger partial charge in [-0.25, -0.2) is 17.6 Å². The number of ether oxygens (including phenoxy) is 1. The third-order valence-corrected chi connectivity index (χ3v) is 1.79. The third kappa shape index (κ3) is 2.97. The number of hydrogen-bond acceptors (Lipinski definition) is 2. The van der Waals surface area contributed by atoms with Gasteiger partial charge in [0.25, 0.3) is 0 Å². The Hall–Kier alpha value is -2.03. The molecule has 90 valence electrons. The number of rotatable bonds is 1. The number of hydrogen-bond donors (Lipinski definition) is 0. The monoisotopic (exact) mass is 246 g/mol. The van der Waals surface area contributed by atoms with Crippen molar-refractivity contribution in [3.05, 3.63) is 34.9 Å². The molecular weight excluding hydrogens is 240 g/mol. The van der Waals surface area contributed by atoms with Crippen LogP contribution in [0.5, 0.6) is 0 Å². The smallest absolute Gasteiger partial charge is 0.317 e. The van der Waals surface area contributed by atoms with Crippen molar-refractivity contribution < 1.29 is 27.1 Å². The van der Waals surface area contributed by atoms with Gasteiger partial charge in [-0.3, -0.25) is 4.79 Å². The van der Waals surface area contributed by atoms with Crippen molar-refractivity contribution in [1.82, 2.24) is 0 Å². The summed E-state index contributed by atoms with van der Waals surface area (Å²) in [7, 11) is 1.10. The minimum atomic E-state index is -1.60. The first-order valence-corrected chi connectivity index (χ1v) is 4.36. The summed E-state index contributed by atoms with van der Waals surface area (Å²) < 4.78 is 55.8. The Morgan fingerprint density at radius 3 is 2.24 bits per heavy atom. The molecule has 0 aliphatic carbocycles. The minimum absolute atomic E-state index is 0.0795. The maximum absolute atomic E-state index is 13.0. The molecule has 0 radical (unpaired) electrons. The van der Waals surface area contributed by atoms with E-state index in [1.165, 1.54) is 0 Å². The zero-order valence-corrected chi connectivity index (χ0v) is 8.61. The molecule has 1 aromatic rings. The van der Waals surface area contributed by atoms with Gasteiger partial charge in [-0.1, -0.05) is 11.8 Å². The summed E-state index contributed by atoms with van der Waals surface area (Å²) in [6.45, 7) is 0. The second kappa shape index (κ2) is 5.34. The molecule has 0 amide bonds. The van der Waals surface area contributed by atoms with Crippen LogP contribution in [0.3, 0.4) is 0 Å². The summed E-state index contributed by atoms with van der Waals surface area (Å²) in [4.78, 5) is 10.6. The molecule has 0 atom stereocenters. The van der Waals surface area contributed by atoms with Gasteiger partial charge >= 0.3 is 5.97 Å². The second-order valence-electron chi connectivity index (χ2n) is 2.90. The lowest BCUT2D eigenvalue weighted by molar-refractivity contribution is -0.139. The predicted octanol–water partition coefficient (Wildman–Crippen LogP) is 2.16. The Bertz CT molecular complexity index is 488. The molecular formula is C11H6F4O2. The van der Waals surface area contributed by atoms with E-state index in [0.717, 1.165) is 7.11 Å². The van der Waals surface area contributed by atoms with Gasteiger partial charge in [0, 0.05) is 6.07 Å². The van der Waals surface area contributed by atoms with Crippen molar-refractivity contribution in [3.63, 3.8) is 0 Å². The predicted molar refractivity (Wildman–Crippen MR) is 49.8 cm³/mol. The maximum atomic E-state index is 13.0. The zero-order valence-electron chi connectivity index (χ0n) is 8.61. The molecule has 1 aromatic carbocycles. The fraction of sp³-hybridized carbons (Fsp3) is 0.182. The lowest BCUT2D eigenvalue weighted by Crippen LogP contribution is -2.00. The summed E-state index contributed by atoms with van der Waals surface area (Å²) in [6, 6.07) is 0.0795. The second-order valence-corrected chi connectivity index (χ2v) is 2.90. The SMILES string of the molecule is COC(=O)CC#Cc1c(F)c(F)cc(F)c1F. The first-order chi connectivity index (χ1) is 7.97. The molecule has 17 heavy (non-hydrogen) atoms. The van der Waals surface area contributed by atoms with Crippen LogP contribution in [0.15, 0.2) is 6.07 Å². The number of methoxy groups -OCH3 is 1. The van der Waals surface area contributed by atoms with Gasteiger partial charge in [0.05, 0.1) is 7.11 Å². The van der Waals surface area contributed by atoms with Gasteiger partial charge in [-0.2, -0.15) is 0 Å². The van der Waals surface area contributed by atoms with Crippen molar-refractivity contribution in [1.29, 1.82) is 0 Å². The van der Waals surface area contributed by atoms with Gasteiger partial charge in [-0.15, -0.1) is 0 Å². The molecule has 1 rings (SSSR count). The molecule has 2 nitrogen and oxygen atoms in total. The summed E-state index contributed by atoms with van der Waals surface area (Å²) in [5.74, 6) is -3.12. The first kappa shape index (κ1) is 13.0. The number of carbonyl (C=O) groups excluding carboxylic acids is 1. The Morgan fingerprint density at radius 2 is 1.76 bits per heavy atom. The van der Waals surface area contributed by atoms with E-state index in [9.17, 15) is 22.4 Å². The van der Waals surface area contributed by atoms with Crippen molar-refractivity contribution in [2.24, 2.45) is 0 Å². The Morgan fingerprint density at radius 1 is 1.24 bits per heavy atom. The van der Waals surface area contributed by atoms with Crippen molar-refractivity contribution in [2.75, 3.05) is 7.11 Å². The van der Waals surface area contributed by atoms with E-state index in [1.54, 1.807) is 0 Å². The van der Waals surface area contributed by atoms with Crippen molar-refractivity contribution in [3.8, 4) is 11.8 Å². The lowest BCUT2D eigenvalue weighted by Gasteiger charge is -1.99. The largest absolute Gasteiger partial charge is 0.468 e. The van der Waals surface area contributed by atoms with Crippen LogP contribution in [0.25, 0.3) is 0 Å². The normalized spacial score (nSPS) is 9.47. The van der Waals surface area contributed by atoms with E-state index >= 15 is 0 Å². The highest BCUT2D eigenvalue weighted by atomic mass is 19.2. The first-order valence-electron chi connectivity index (χ1n) is 4.36. The quantitative estimate of drug-likeness (QED) is 0.328. The van der Waals surface area contributed by atoms with Crippen LogP contribution in [0, 0.1) is 35.1 Å². The fourth-order valence-corrected chi connectivity index (χ4v) is 0.960. The minimum Gasteiger partial charge on any atom is -0.468 e. The molecule has 0 spiro atoms. The highest BCUT2D eigenvalue weighted by molar-refractivity contribution is 5.72. The summed E-state index contributed by atoms with van der Waals surface area (Å²) in [5.41, 5.74) is -1.05. The molecule has 0 aliphatic rings. The van der Waals surface area contributed by atoms with Crippen LogP contribution < -0.4 is 0 Å². The van der Waals surface area contributed by atoms with Crippen LogP contribution in [0.1, 0.15) is 12.0 Å². The Labute approximate surface area is 94.2 Å². The van der Waals surface area contributed by atoms with Crippen LogP contribution in [0.4, 0.5) is 17.6 Å². The standard InChI is InChI=1S/C11H6F4O2/c1-17-9(16)4-2-3-6-10(14)7(12)5-8(13)11(6)15/h5H,4H2,1H3. The van der Waals surface area contributed by atoms with E-state index in [1.807, 2.05) is 5.92 Å². The van der Waals surface area contributed by atoms with E-state index in [4.69, 9.17) is 0 Å². The lowest BCUT2D eigenvalue weighted by atomic mass is 10.2. The molecule has 0 bridgehead atoms. The van der Waals surface area contributed by atoms with Gasteiger partial charge in [0.1, 0.15) is 12.0 Å². The highest BCUT2D eigenvalue weighted by Gasteiger charge is 2.17. The Balaban J connectivity index is 3.10. The molecule has 0 heterocycles. The van der Waals surface area contributed by atoms with Crippen LogP contribution in [0.2, 0.25) is 0 Å². The van der Waals surface area contributed by atoms with Crippen LogP contribution in [-0.4, -0.2) is 13.1 Å². The molecule has 0 saturated carbocycles. The average molecular weight is 246 g/mol. The van der Waals surface area contributed by atoms with Crippen molar-refractivity contribution in [2.45, 2.75) is 6.42 Å². The van der Waals surface area contributed by atoms with Crippen LogP contribution >= 0.6 is 0 Å². The van der Waals surface area contributed by atoms with Gasteiger partial charge in [0.2, 0.25) is 0 Å². The average Bonchev–Trinajstić information content (AvgIpc) is 2.30.